The molecule has 1 fully saturated rings. The van der Waals surface area contributed by atoms with Crippen molar-refractivity contribution in [2.45, 2.75) is 6.04 Å². The van der Waals surface area contributed by atoms with Crippen LogP contribution < -0.4 is 5.32 Å². The van der Waals surface area contributed by atoms with Gasteiger partial charge >= 0.3 is 0 Å². The van der Waals surface area contributed by atoms with Crippen LogP contribution in [0.15, 0.2) is 0 Å². The monoisotopic (exact) mass is 69.1 g/mol. The molecule has 1 heteroatoms. The van der Waals surface area contributed by atoms with E-state index in [0.717, 1.165) is 6.54 Å². The van der Waals surface area contributed by atoms with Crippen LogP contribution in [0, 0.1) is 13.3 Å². The molecule has 0 aromatic heterocycles. The van der Waals surface area contributed by atoms with Crippen molar-refractivity contribution in [2.75, 3.05) is 6.54 Å². The summed E-state index contributed by atoms with van der Waals surface area (Å²) in [6.07, 6.45) is 1.92. The molecule has 0 bridgehead atoms. The third-order valence-electron chi connectivity index (χ3n) is 0.724. The van der Waals surface area contributed by atoms with E-state index in [0.29, 0.717) is 6.04 Å². The maximum Gasteiger partial charge on any atom is 0.131 e. The highest BCUT2D eigenvalue weighted by Gasteiger charge is 2.21. The van der Waals surface area contributed by atoms with Gasteiger partial charge in [0.15, 0.2) is 0 Å². The Hall–Kier alpha value is -0.170. The minimum atomic E-state index is 0.648. The van der Waals surface area contributed by atoms with Crippen LogP contribution in [0.25, 0.3) is 0 Å². The molecule has 0 amide bonds. The van der Waals surface area contributed by atoms with E-state index in [1.165, 1.54) is 0 Å². The van der Waals surface area contributed by atoms with Crippen LogP contribution >= 0.6 is 0 Å². The van der Waals surface area contributed by atoms with Crippen molar-refractivity contribution in [1.82, 2.24) is 5.32 Å². The molecule has 1 heterocycles. The van der Waals surface area contributed by atoms with Crippen LogP contribution in [0.4, 0.5) is 0 Å². The molecule has 0 aromatic rings. The first-order chi connectivity index (χ1) is 2.43. The van der Waals surface area contributed by atoms with Gasteiger partial charge in [0.2, 0.25) is 0 Å². The largest absolute Gasteiger partial charge is 0.272 e. The van der Waals surface area contributed by atoms with Gasteiger partial charge in [-0.05, 0) is 0 Å². The van der Waals surface area contributed by atoms with Gasteiger partial charge in [-0.15, -0.1) is 6.92 Å². The lowest BCUT2D eigenvalue weighted by molar-refractivity contribution is 1.14. The average molecular weight is 69.1 g/mol. The number of hydrogen-bond acceptors (Lipinski definition) is 1. The molecular weight excluding hydrogens is 62.1 g/mol. The summed E-state index contributed by atoms with van der Waals surface area (Å²) in [7, 11) is 0. The van der Waals surface area contributed by atoms with Gasteiger partial charge in [0.1, 0.15) is 6.04 Å². The zero-order chi connectivity index (χ0) is 3.70. The summed E-state index contributed by atoms with van der Waals surface area (Å²) in [5.41, 5.74) is 0. The first-order valence-corrected chi connectivity index (χ1v) is 1.79. The Kier molecular flexibility index (Phi) is 0.548. The van der Waals surface area contributed by atoms with Crippen molar-refractivity contribution in [1.29, 1.82) is 0 Å². The first-order valence-electron chi connectivity index (χ1n) is 1.79. The number of nitrogens with one attached hydrogen (secondary N) is 1. The van der Waals surface area contributed by atoms with Gasteiger partial charge in [0.25, 0.3) is 0 Å². The molecule has 0 spiro atoms. The molecule has 0 radical (unpaired) electrons. The molecule has 1 N–H and O–H groups in total. The molecule has 28 valence electrons. The summed E-state index contributed by atoms with van der Waals surface area (Å²) in [5.74, 6) is 0. The highest BCUT2D eigenvalue weighted by atomic mass is 15.1. The van der Waals surface area contributed by atoms with E-state index in [1.807, 2.05) is 6.42 Å². The van der Waals surface area contributed by atoms with E-state index in [2.05, 4.69) is 12.2 Å². The van der Waals surface area contributed by atoms with Crippen molar-refractivity contribution in [3.63, 3.8) is 0 Å². The fourth-order valence-electron chi connectivity index (χ4n) is 0.235. The zero-order valence-corrected chi connectivity index (χ0v) is 3.07. The van der Waals surface area contributed by atoms with Crippen molar-refractivity contribution in [3.05, 3.63) is 13.3 Å². The molecule has 1 rings (SSSR count). The average Bonchev–Trinajstić information content (AvgIpc) is 2.12. The Morgan fingerprint density at radius 2 is 2.60 bits per heavy atom. The van der Waals surface area contributed by atoms with Crippen molar-refractivity contribution in [3.8, 4) is 0 Å². The molecule has 0 saturated carbocycles. The van der Waals surface area contributed by atoms with Crippen LogP contribution in [-0.4, -0.2) is 12.6 Å². The van der Waals surface area contributed by atoms with E-state index in [9.17, 15) is 0 Å². The molecule has 1 atom stereocenters. The summed E-state index contributed by atoms with van der Waals surface area (Å²) in [4.78, 5) is 0. The molecule has 1 aliphatic heterocycles. The van der Waals surface area contributed by atoms with Gasteiger partial charge in [0, 0.05) is 0 Å². The van der Waals surface area contributed by atoms with E-state index in [1.54, 1.807) is 0 Å². The van der Waals surface area contributed by atoms with E-state index < -0.39 is 0 Å². The van der Waals surface area contributed by atoms with E-state index in [4.69, 9.17) is 0 Å². The molecule has 1 nitrogen and oxygen atoms in total. The normalized spacial score (nSPS) is 33.4. The van der Waals surface area contributed by atoms with Gasteiger partial charge in [-0.1, -0.05) is 6.42 Å². The summed E-state index contributed by atoms with van der Waals surface area (Å²) < 4.78 is 0. The SMILES string of the molecule is [CH2-][CH+]C1CN1. The van der Waals surface area contributed by atoms with Gasteiger partial charge in [-0.2, -0.15) is 0 Å². The minimum Gasteiger partial charge on any atom is -0.272 e. The zero-order valence-electron chi connectivity index (χ0n) is 3.07. The predicted octanol–water partition coefficient (Wildman–Crippen LogP) is -0.00342. The van der Waals surface area contributed by atoms with E-state index in [-0.39, 0.29) is 0 Å². The summed E-state index contributed by atoms with van der Waals surface area (Å²) in [6, 6.07) is 0.648. The highest BCUT2D eigenvalue weighted by molar-refractivity contribution is 4.97. The van der Waals surface area contributed by atoms with Gasteiger partial charge in [-0.25, -0.2) is 0 Å². The van der Waals surface area contributed by atoms with Gasteiger partial charge in [-0.3, -0.25) is 5.32 Å². The second-order valence-corrected chi connectivity index (χ2v) is 1.25. The van der Waals surface area contributed by atoms with Crippen LogP contribution in [-0.2, 0) is 0 Å². The molecule has 1 aliphatic rings. The predicted molar refractivity (Wildman–Crippen MR) is 21.4 cm³/mol. The van der Waals surface area contributed by atoms with Gasteiger partial charge in [0.05, 0.1) is 6.54 Å². The maximum absolute atomic E-state index is 3.56. The number of hydrogen-bond donors (Lipinski definition) is 1. The van der Waals surface area contributed by atoms with Crippen LogP contribution in [0.2, 0.25) is 0 Å². The molecule has 0 aromatic carbocycles. The molecule has 5 heavy (non-hydrogen) atoms. The van der Waals surface area contributed by atoms with Crippen molar-refractivity contribution >= 4 is 0 Å². The Morgan fingerprint density at radius 3 is 2.60 bits per heavy atom. The Bertz CT molecular complexity index is 30.6. The Balaban J connectivity index is 2.00. The number of rotatable bonds is 1. The molecule has 1 unspecified atom stereocenters. The lowest BCUT2D eigenvalue weighted by atomic mass is 10.4. The van der Waals surface area contributed by atoms with Gasteiger partial charge < -0.3 is 0 Å². The molecular formula is C4H7N. The standard InChI is InChI=1S/C4H7N/c1-2-4-3-5-4/h2,4-5H,1,3H2. The molecule has 1 saturated heterocycles. The second kappa shape index (κ2) is 0.902. The third kappa shape index (κ3) is 0.550. The lowest BCUT2D eigenvalue weighted by Gasteiger charge is -1.68. The maximum atomic E-state index is 3.56. The first kappa shape index (κ1) is 3.04. The Labute approximate surface area is 32.4 Å². The summed E-state index contributed by atoms with van der Waals surface area (Å²) in [5, 5.41) is 3.07. The summed E-state index contributed by atoms with van der Waals surface area (Å²) >= 11 is 0. The molecule has 0 aliphatic carbocycles. The highest BCUT2D eigenvalue weighted by Crippen LogP contribution is 1.96. The lowest BCUT2D eigenvalue weighted by Crippen LogP contribution is -1.83. The summed E-state index contributed by atoms with van der Waals surface area (Å²) in [6.45, 7) is 4.70. The minimum absolute atomic E-state index is 0.648. The topological polar surface area (TPSA) is 21.9 Å². The third-order valence-corrected chi connectivity index (χ3v) is 0.724. The smallest absolute Gasteiger partial charge is 0.131 e. The van der Waals surface area contributed by atoms with Crippen molar-refractivity contribution < 1.29 is 0 Å². The quantitative estimate of drug-likeness (QED) is 0.339. The van der Waals surface area contributed by atoms with Crippen LogP contribution in [0.5, 0.6) is 0 Å². The van der Waals surface area contributed by atoms with Crippen LogP contribution in [0.3, 0.4) is 0 Å². The fraction of sp³-hybridized carbons (Fsp3) is 0.500. The second-order valence-electron chi connectivity index (χ2n) is 1.25. The van der Waals surface area contributed by atoms with E-state index >= 15 is 0 Å². The van der Waals surface area contributed by atoms with Crippen molar-refractivity contribution in [2.24, 2.45) is 0 Å². The van der Waals surface area contributed by atoms with Crippen LogP contribution in [0.1, 0.15) is 0 Å². The fourth-order valence-corrected chi connectivity index (χ4v) is 0.235. The Morgan fingerprint density at radius 1 is 2.00 bits per heavy atom.